The first kappa shape index (κ1) is 10.2. The number of hydrogen-bond donors (Lipinski definition) is 1. The van der Waals surface area contributed by atoms with Crippen molar-refractivity contribution >= 4 is 34.8 Å². The van der Waals surface area contributed by atoms with Crippen molar-refractivity contribution in [2.45, 2.75) is 6.42 Å². The Morgan fingerprint density at radius 1 is 1.53 bits per heavy atom. The lowest BCUT2D eigenvalue weighted by atomic mass is 10.3. The molecule has 0 saturated carbocycles. The molecule has 0 aromatic carbocycles. The van der Waals surface area contributed by atoms with Crippen LogP contribution in [0, 0.1) is 0 Å². The molecule has 0 radical (unpaired) electrons. The normalized spacial score (nSPS) is 10.8. The summed E-state index contributed by atoms with van der Waals surface area (Å²) in [4.78, 5) is 14.8. The molecule has 2 aromatic rings. The number of rotatable bonds is 2. The standard InChI is InChI=1S/C8H6Cl2N4O/c9-5-2-6(10)13-14-4(1-7(11)15)3-12-8(5)14/h2-3H,1H2,(H2,11,15). The maximum Gasteiger partial charge on any atom is 0.223 e. The van der Waals surface area contributed by atoms with Gasteiger partial charge in [0, 0.05) is 0 Å². The number of fused-ring (bicyclic) bond motifs is 1. The molecule has 2 N–H and O–H groups in total. The van der Waals surface area contributed by atoms with Crippen molar-refractivity contribution < 1.29 is 4.79 Å². The van der Waals surface area contributed by atoms with Crippen LogP contribution in [0.25, 0.3) is 5.65 Å². The zero-order valence-electron chi connectivity index (χ0n) is 7.44. The van der Waals surface area contributed by atoms with Crippen molar-refractivity contribution in [3.63, 3.8) is 0 Å². The second-order valence-corrected chi connectivity index (χ2v) is 3.74. The molecule has 0 fully saturated rings. The van der Waals surface area contributed by atoms with E-state index in [0.717, 1.165) is 0 Å². The van der Waals surface area contributed by atoms with E-state index < -0.39 is 5.91 Å². The van der Waals surface area contributed by atoms with Gasteiger partial charge in [0.05, 0.1) is 23.3 Å². The van der Waals surface area contributed by atoms with E-state index in [-0.39, 0.29) is 11.6 Å². The Hall–Kier alpha value is -1.33. The lowest BCUT2D eigenvalue weighted by molar-refractivity contribution is -0.117. The molecule has 5 nitrogen and oxygen atoms in total. The average Bonchev–Trinajstić information content (AvgIpc) is 2.48. The molecule has 0 bridgehead atoms. The molecule has 0 aliphatic rings. The molecular weight excluding hydrogens is 239 g/mol. The van der Waals surface area contributed by atoms with Crippen LogP contribution in [0.3, 0.4) is 0 Å². The van der Waals surface area contributed by atoms with Crippen molar-refractivity contribution in [2.75, 3.05) is 0 Å². The zero-order chi connectivity index (χ0) is 11.0. The quantitative estimate of drug-likeness (QED) is 0.859. The summed E-state index contributed by atoms with van der Waals surface area (Å²) in [5.74, 6) is -0.463. The number of aromatic nitrogens is 3. The molecule has 2 rings (SSSR count). The fourth-order valence-electron chi connectivity index (χ4n) is 1.25. The predicted molar refractivity (Wildman–Crippen MR) is 55.9 cm³/mol. The van der Waals surface area contributed by atoms with Gasteiger partial charge >= 0.3 is 0 Å². The first-order chi connectivity index (χ1) is 7.08. The van der Waals surface area contributed by atoms with E-state index in [4.69, 9.17) is 28.9 Å². The summed E-state index contributed by atoms with van der Waals surface area (Å²) in [5.41, 5.74) is 6.09. The molecule has 7 heteroatoms. The highest BCUT2D eigenvalue weighted by atomic mass is 35.5. The fraction of sp³-hybridized carbons (Fsp3) is 0.125. The largest absolute Gasteiger partial charge is 0.369 e. The molecule has 15 heavy (non-hydrogen) atoms. The average molecular weight is 245 g/mol. The van der Waals surface area contributed by atoms with E-state index in [0.29, 0.717) is 16.4 Å². The summed E-state index contributed by atoms with van der Waals surface area (Å²) >= 11 is 11.6. The van der Waals surface area contributed by atoms with Crippen molar-refractivity contribution in [1.82, 2.24) is 14.6 Å². The van der Waals surface area contributed by atoms with Crippen molar-refractivity contribution in [2.24, 2.45) is 5.73 Å². The Balaban J connectivity index is 2.63. The third-order valence-corrected chi connectivity index (χ3v) is 2.28. The Morgan fingerprint density at radius 3 is 2.93 bits per heavy atom. The van der Waals surface area contributed by atoms with E-state index in [1.807, 2.05) is 0 Å². The van der Waals surface area contributed by atoms with Gasteiger partial charge in [0.25, 0.3) is 0 Å². The van der Waals surface area contributed by atoms with Gasteiger partial charge in [0.1, 0.15) is 0 Å². The summed E-state index contributed by atoms with van der Waals surface area (Å²) in [5, 5.41) is 4.59. The molecule has 0 aliphatic carbocycles. The summed E-state index contributed by atoms with van der Waals surface area (Å²) in [7, 11) is 0. The van der Waals surface area contributed by atoms with E-state index in [1.54, 1.807) is 0 Å². The van der Waals surface area contributed by atoms with Gasteiger partial charge in [0.15, 0.2) is 10.8 Å². The monoisotopic (exact) mass is 244 g/mol. The summed E-state index contributed by atoms with van der Waals surface area (Å²) in [6, 6.07) is 1.49. The number of carbonyl (C=O) groups is 1. The first-order valence-corrected chi connectivity index (χ1v) is 4.80. The predicted octanol–water partition coefficient (Wildman–Crippen LogP) is 1.06. The topological polar surface area (TPSA) is 73.3 Å². The lowest BCUT2D eigenvalue weighted by Gasteiger charge is -1.99. The Morgan fingerprint density at radius 2 is 2.27 bits per heavy atom. The van der Waals surface area contributed by atoms with Crippen molar-refractivity contribution in [3.05, 3.63) is 28.1 Å². The van der Waals surface area contributed by atoms with E-state index in [9.17, 15) is 4.79 Å². The van der Waals surface area contributed by atoms with E-state index >= 15 is 0 Å². The van der Waals surface area contributed by atoms with Crippen LogP contribution in [0.2, 0.25) is 10.2 Å². The minimum Gasteiger partial charge on any atom is -0.369 e. The first-order valence-electron chi connectivity index (χ1n) is 4.05. The minimum absolute atomic E-state index is 0.0465. The molecule has 0 saturated heterocycles. The van der Waals surface area contributed by atoms with Crippen LogP contribution in [0.5, 0.6) is 0 Å². The molecule has 78 valence electrons. The zero-order valence-corrected chi connectivity index (χ0v) is 8.96. The molecule has 0 aliphatic heterocycles. The minimum atomic E-state index is -0.463. The maximum atomic E-state index is 10.8. The maximum absolute atomic E-state index is 10.8. The number of imidazole rings is 1. The summed E-state index contributed by atoms with van der Waals surface area (Å²) in [6.45, 7) is 0. The number of halogens is 2. The SMILES string of the molecule is NC(=O)Cc1cnc2c(Cl)cc(Cl)nn12. The van der Waals surface area contributed by atoms with Gasteiger partial charge in [-0.25, -0.2) is 9.50 Å². The third kappa shape index (κ3) is 1.88. The Labute approximate surface area is 94.8 Å². The number of hydrogen-bond acceptors (Lipinski definition) is 3. The molecule has 1 amide bonds. The fourth-order valence-corrected chi connectivity index (χ4v) is 1.72. The third-order valence-electron chi connectivity index (χ3n) is 1.82. The second kappa shape index (κ2) is 3.67. The van der Waals surface area contributed by atoms with Gasteiger partial charge in [-0.1, -0.05) is 23.2 Å². The van der Waals surface area contributed by atoms with Gasteiger partial charge in [-0.3, -0.25) is 4.79 Å². The number of amides is 1. The lowest BCUT2D eigenvalue weighted by Crippen LogP contribution is -2.15. The highest BCUT2D eigenvalue weighted by Crippen LogP contribution is 2.19. The van der Waals surface area contributed by atoms with Gasteiger partial charge < -0.3 is 5.73 Å². The molecule has 2 aromatic heterocycles. The summed E-state index contributed by atoms with van der Waals surface area (Å²) in [6.07, 6.45) is 1.54. The highest BCUT2D eigenvalue weighted by Gasteiger charge is 2.10. The van der Waals surface area contributed by atoms with Crippen molar-refractivity contribution in [1.29, 1.82) is 0 Å². The molecule has 0 spiro atoms. The Kier molecular flexibility index (Phi) is 2.50. The number of nitrogens with zero attached hydrogens (tertiary/aromatic N) is 3. The number of primary amides is 1. The van der Waals surface area contributed by atoms with Crippen molar-refractivity contribution in [3.8, 4) is 0 Å². The number of carbonyl (C=O) groups excluding carboxylic acids is 1. The molecule has 0 unspecified atom stereocenters. The molecular formula is C8H6Cl2N4O. The molecule has 0 atom stereocenters. The van der Waals surface area contributed by atoms with Crippen LogP contribution >= 0.6 is 23.2 Å². The summed E-state index contributed by atoms with van der Waals surface area (Å²) < 4.78 is 1.41. The molecule has 2 heterocycles. The van der Waals surface area contributed by atoms with Crippen LogP contribution in [0.4, 0.5) is 0 Å². The van der Waals surface area contributed by atoms with E-state index in [1.165, 1.54) is 16.8 Å². The Bertz CT molecular complexity index is 537. The van der Waals surface area contributed by atoms with E-state index in [2.05, 4.69) is 10.1 Å². The second-order valence-electron chi connectivity index (χ2n) is 2.94. The van der Waals surface area contributed by atoms with Gasteiger partial charge in [-0.05, 0) is 6.07 Å². The van der Waals surface area contributed by atoms with Crippen LogP contribution in [0.15, 0.2) is 12.3 Å². The van der Waals surface area contributed by atoms with Crippen LogP contribution < -0.4 is 5.73 Å². The van der Waals surface area contributed by atoms with Crippen LogP contribution in [0.1, 0.15) is 5.69 Å². The van der Waals surface area contributed by atoms with Crippen LogP contribution in [-0.2, 0) is 11.2 Å². The van der Waals surface area contributed by atoms with Gasteiger partial charge in [-0.2, -0.15) is 5.10 Å². The number of nitrogens with two attached hydrogens (primary N) is 1. The smallest absolute Gasteiger partial charge is 0.223 e. The van der Waals surface area contributed by atoms with Crippen LogP contribution in [-0.4, -0.2) is 20.5 Å². The highest BCUT2D eigenvalue weighted by molar-refractivity contribution is 6.35. The van der Waals surface area contributed by atoms with Gasteiger partial charge in [-0.15, -0.1) is 0 Å². The van der Waals surface area contributed by atoms with Gasteiger partial charge in [0.2, 0.25) is 5.91 Å².